The van der Waals surface area contributed by atoms with Crippen LogP contribution in [0, 0.1) is 0 Å². The number of hydrogen-bond acceptors (Lipinski definition) is 4. The highest BCUT2D eigenvalue weighted by molar-refractivity contribution is 7.17. The molecular formula is C20H17N3O2S. The van der Waals surface area contributed by atoms with Crippen molar-refractivity contribution in [2.24, 2.45) is 7.05 Å². The lowest BCUT2D eigenvalue weighted by Crippen LogP contribution is -2.09. The number of benzene rings is 2. The number of amides is 1. The van der Waals surface area contributed by atoms with Gasteiger partial charge in [-0.05, 0) is 48.5 Å². The summed E-state index contributed by atoms with van der Waals surface area (Å²) in [7, 11) is 3.60. The van der Waals surface area contributed by atoms with Crippen LogP contribution in [-0.2, 0) is 7.05 Å². The molecule has 6 heteroatoms. The summed E-state index contributed by atoms with van der Waals surface area (Å²) in [4.78, 5) is 18.8. The number of thiophene rings is 1. The van der Waals surface area contributed by atoms with Gasteiger partial charge in [-0.15, -0.1) is 11.3 Å². The molecule has 0 unspecified atom stereocenters. The van der Waals surface area contributed by atoms with Gasteiger partial charge in [-0.25, -0.2) is 4.98 Å². The number of rotatable bonds is 4. The first-order valence-electron chi connectivity index (χ1n) is 8.13. The van der Waals surface area contributed by atoms with Crippen LogP contribution in [-0.4, -0.2) is 22.6 Å². The highest BCUT2D eigenvalue weighted by Gasteiger charge is 2.15. The Bertz CT molecular complexity index is 1080. The minimum Gasteiger partial charge on any atom is -0.497 e. The molecule has 0 aliphatic rings. The maximum Gasteiger partial charge on any atom is 0.265 e. The summed E-state index contributed by atoms with van der Waals surface area (Å²) in [6.45, 7) is 0. The summed E-state index contributed by atoms with van der Waals surface area (Å²) in [5.74, 6) is 1.48. The van der Waals surface area contributed by atoms with Crippen LogP contribution in [0.25, 0.3) is 21.7 Å². The first-order chi connectivity index (χ1) is 12.7. The quantitative estimate of drug-likeness (QED) is 0.578. The molecule has 4 rings (SSSR count). The Morgan fingerprint density at radius 2 is 1.85 bits per heavy atom. The molecule has 2 aromatic carbocycles. The topological polar surface area (TPSA) is 56.1 Å². The van der Waals surface area contributed by atoms with Crippen molar-refractivity contribution in [3.8, 4) is 16.5 Å². The number of nitrogens with zero attached hydrogens (tertiary/aromatic N) is 2. The summed E-state index contributed by atoms with van der Waals surface area (Å²) in [5.41, 5.74) is 2.75. The summed E-state index contributed by atoms with van der Waals surface area (Å²) in [6.07, 6.45) is 0. The number of hydrogen-bond donors (Lipinski definition) is 1. The second kappa shape index (κ2) is 6.65. The molecular weight excluding hydrogens is 346 g/mol. The van der Waals surface area contributed by atoms with E-state index < -0.39 is 0 Å². The van der Waals surface area contributed by atoms with Crippen molar-refractivity contribution < 1.29 is 9.53 Å². The summed E-state index contributed by atoms with van der Waals surface area (Å²) >= 11 is 1.43. The van der Waals surface area contributed by atoms with Gasteiger partial charge in [0.25, 0.3) is 5.91 Å². The molecule has 0 saturated carbocycles. The van der Waals surface area contributed by atoms with E-state index in [0.29, 0.717) is 4.88 Å². The molecule has 0 atom stereocenters. The van der Waals surface area contributed by atoms with Gasteiger partial charge in [-0.3, -0.25) is 4.79 Å². The zero-order valence-electron chi connectivity index (χ0n) is 14.4. The minimum absolute atomic E-state index is 0.134. The van der Waals surface area contributed by atoms with Crippen LogP contribution in [0.2, 0.25) is 0 Å². The molecule has 26 heavy (non-hydrogen) atoms. The van der Waals surface area contributed by atoms with Gasteiger partial charge in [0, 0.05) is 12.7 Å². The number of para-hydroxylation sites is 2. The lowest BCUT2D eigenvalue weighted by molar-refractivity contribution is 0.103. The molecule has 1 N–H and O–H groups in total. The molecule has 1 amide bonds. The Morgan fingerprint density at radius 1 is 1.08 bits per heavy atom. The number of carbonyl (C=O) groups is 1. The zero-order chi connectivity index (χ0) is 18.1. The maximum absolute atomic E-state index is 12.5. The average molecular weight is 363 g/mol. The second-order valence-electron chi connectivity index (χ2n) is 5.83. The number of nitrogens with one attached hydrogen (secondary N) is 1. The Morgan fingerprint density at radius 3 is 2.58 bits per heavy atom. The highest BCUT2D eigenvalue weighted by atomic mass is 32.1. The van der Waals surface area contributed by atoms with Gasteiger partial charge >= 0.3 is 0 Å². The Kier molecular flexibility index (Phi) is 4.18. The molecule has 0 radical (unpaired) electrons. The van der Waals surface area contributed by atoms with Gasteiger partial charge in [0.15, 0.2) is 5.82 Å². The minimum atomic E-state index is -0.134. The van der Waals surface area contributed by atoms with E-state index in [4.69, 9.17) is 4.74 Å². The van der Waals surface area contributed by atoms with Crippen molar-refractivity contribution in [3.05, 3.63) is 65.5 Å². The SMILES string of the molecule is COc1ccc(NC(=O)c2ccc(-c3nc4ccccc4n3C)s2)cc1. The third-order valence-electron chi connectivity index (χ3n) is 4.19. The third-order valence-corrected chi connectivity index (χ3v) is 5.27. The van der Waals surface area contributed by atoms with Crippen LogP contribution in [0.1, 0.15) is 9.67 Å². The van der Waals surface area contributed by atoms with Crippen molar-refractivity contribution in [1.82, 2.24) is 9.55 Å². The number of aromatic nitrogens is 2. The van der Waals surface area contributed by atoms with Crippen molar-refractivity contribution in [3.63, 3.8) is 0 Å². The van der Waals surface area contributed by atoms with Crippen molar-refractivity contribution in [2.75, 3.05) is 12.4 Å². The first-order valence-corrected chi connectivity index (χ1v) is 8.94. The molecule has 0 spiro atoms. The number of aryl methyl sites for hydroxylation is 1. The van der Waals surface area contributed by atoms with E-state index in [0.717, 1.165) is 33.2 Å². The second-order valence-corrected chi connectivity index (χ2v) is 6.91. The fraction of sp³-hybridized carbons (Fsp3) is 0.100. The van der Waals surface area contributed by atoms with Crippen molar-refractivity contribution in [1.29, 1.82) is 0 Å². The Hall–Kier alpha value is -3.12. The van der Waals surface area contributed by atoms with Crippen LogP contribution in [0.3, 0.4) is 0 Å². The standard InChI is InChI=1S/C20H17N3O2S/c1-23-16-6-4-3-5-15(16)22-19(23)17-11-12-18(26-17)20(24)21-13-7-9-14(25-2)10-8-13/h3-12H,1-2H3,(H,21,24). The third kappa shape index (κ3) is 2.95. The van der Waals surface area contributed by atoms with E-state index in [9.17, 15) is 4.79 Å². The summed E-state index contributed by atoms with van der Waals surface area (Å²) in [5, 5.41) is 2.90. The molecule has 0 saturated heterocycles. The molecule has 2 heterocycles. The fourth-order valence-corrected chi connectivity index (χ4v) is 3.74. The van der Waals surface area contributed by atoms with Crippen LogP contribution < -0.4 is 10.1 Å². The van der Waals surface area contributed by atoms with Gasteiger partial charge in [-0.2, -0.15) is 0 Å². The van der Waals surface area contributed by atoms with E-state index in [-0.39, 0.29) is 5.91 Å². The molecule has 130 valence electrons. The first kappa shape index (κ1) is 16.4. The summed E-state index contributed by atoms with van der Waals surface area (Å²) in [6, 6.07) is 19.0. The summed E-state index contributed by atoms with van der Waals surface area (Å²) < 4.78 is 7.18. The van der Waals surface area contributed by atoms with Gasteiger partial charge in [0.1, 0.15) is 5.75 Å². The number of anilines is 1. The molecule has 2 aromatic heterocycles. The van der Waals surface area contributed by atoms with Gasteiger partial charge in [0.05, 0.1) is 27.9 Å². The lowest BCUT2D eigenvalue weighted by Gasteiger charge is -2.04. The van der Waals surface area contributed by atoms with Crippen LogP contribution in [0.5, 0.6) is 5.75 Å². The zero-order valence-corrected chi connectivity index (χ0v) is 15.2. The van der Waals surface area contributed by atoms with E-state index >= 15 is 0 Å². The Labute approximate surface area is 154 Å². The van der Waals surface area contributed by atoms with E-state index in [1.165, 1.54) is 11.3 Å². The van der Waals surface area contributed by atoms with Crippen LogP contribution in [0.15, 0.2) is 60.7 Å². The fourth-order valence-electron chi connectivity index (χ4n) is 2.81. The predicted octanol–water partition coefficient (Wildman–Crippen LogP) is 4.56. The number of imidazole rings is 1. The molecule has 0 aliphatic heterocycles. The van der Waals surface area contributed by atoms with E-state index in [2.05, 4.69) is 10.3 Å². The number of methoxy groups -OCH3 is 1. The molecule has 0 bridgehead atoms. The lowest BCUT2D eigenvalue weighted by atomic mass is 10.3. The normalized spacial score (nSPS) is 10.8. The van der Waals surface area contributed by atoms with Crippen LogP contribution >= 0.6 is 11.3 Å². The maximum atomic E-state index is 12.5. The monoisotopic (exact) mass is 363 g/mol. The van der Waals surface area contributed by atoms with Gasteiger partial charge in [-0.1, -0.05) is 12.1 Å². The molecule has 4 aromatic rings. The number of carbonyl (C=O) groups excluding carboxylic acids is 1. The molecule has 0 fully saturated rings. The molecule has 5 nitrogen and oxygen atoms in total. The number of ether oxygens (including phenoxy) is 1. The smallest absolute Gasteiger partial charge is 0.265 e. The largest absolute Gasteiger partial charge is 0.497 e. The predicted molar refractivity (Wildman–Crippen MR) is 105 cm³/mol. The Balaban J connectivity index is 1.58. The number of fused-ring (bicyclic) bond motifs is 1. The van der Waals surface area contributed by atoms with Gasteiger partial charge < -0.3 is 14.6 Å². The highest BCUT2D eigenvalue weighted by Crippen LogP contribution is 2.30. The van der Waals surface area contributed by atoms with Gasteiger partial charge in [0.2, 0.25) is 0 Å². The van der Waals surface area contributed by atoms with Crippen LogP contribution in [0.4, 0.5) is 5.69 Å². The molecule has 0 aliphatic carbocycles. The van der Waals surface area contributed by atoms with E-state index in [1.807, 2.05) is 72.3 Å². The van der Waals surface area contributed by atoms with Crippen molar-refractivity contribution in [2.45, 2.75) is 0 Å². The average Bonchev–Trinajstić information content (AvgIpc) is 3.28. The van der Waals surface area contributed by atoms with E-state index in [1.54, 1.807) is 7.11 Å². The van der Waals surface area contributed by atoms with Crippen molar-refractivity contribution >= 4 is 34.0 Å².